The minimum atomic E-state index is -0.304. The molecule has 2 aliphatic rings. The lowest BCUT2D eigenvalue weighted by atomic mass is 9.96. The summed E-state index contributed by atoms with van der Waals surface area (Å²) >= 11 is 0. The number of anilines is 1. The van der Waals surface area contributed by atoms with Crippen molar-refractivity contribution in [1.29, 1.82) is 0 Å². The zero-order valence-electron chi connectivity index (χ0n) is 21.0. The molecule has 2 fully saturated rings. The summed E-state index contributed by atoms with van der Waals surface area (Å²) < 4.78 is 18.4. The van der Waals surface area contributed by atoms with Crippen molar-refractivity contribution in [3.05, 3.63) is 88.9 Å². The molecule has 2 aromatic carbocycles. The van der Waals surface area contributed by atoms with E-state index in [0.29, 0.717) is 35.5 Å². The molecule has 2 atom stereocenters. The number of halogens is 1. The molecule has 5 rings (SSSR count). The van der Waals surface area contributed by atoms with E-state index in [2.05, 4.69) is 20.5 Å². The van der Waals surface area contributed by atoms with Crippen molar-refractivity contribution >= 4 is 17.6 Å². The highest BCUT2D eigenvalue weighted by Crippen LogP contribution is 2.38. The highest BCUT2D eigenvalue weighted by atomic mass is 19.1. The number of nitrogens with one attached hydrogen (secondary N) is 2. The second kappa shape index (κ2) is 10.6. The fourth-order valence-electron chi connectivity index (χ4n) is 5.57. The Bertz CT molecular complexity index is 1270. The van der Waals surface area contributed by atoms with Crippen molar-refractivity contribution in [2.24, 2.45) is 0 Å². The van der Waals surface area contributed by atoms with Gasteiger partial charge >= 0.3 is 0 Å². The van der Waals surface area contributed by atoms with Gasteiger partial charge in [-0.2, -0.15) is 0 Å². The number of hydrogen-bond acceptors (Lipinski definition) is 5. The van der Waals surface area contributed by atoms with E-state index in [1.807, 2.05) is 31.2 Å². The molecule has 3 aromatic rings. The van der Waals surface area contributed by atoms with Gasteiger partial charge in [0, 0.05) is 42.0 Å². The maximum Gasteiger partial charge on any atom is 0.253 e. The molecule has 1 aromatic heterocycles. The molecular formula is C29H31FN4O3. The molecule has 0 spiro atoms. The van der Waals surface area contributed by atoms with Crippen LogP contribution in [0.1, 0.15) is 57.5 Å². The molecular weight excluding hydrogens is 471 g/mol. The lowest BCUT2D eigenvalue weighted by Crippen LogP contribution is -2.50. The lowest BCUT2D eigenvalue weighted by molar-refractivity contribution is 0.0923. The summed E-state index contributed by atoms with van der Waals surface area (Å²) in [7, 11) is 1.61. The van der Waals surface area contributed by atoms with Gasteiger partial charge in [-0.25, -0.2) is 9.37 Å². The average Bonchev–Trinajstić information content (AvgIpc) is 3.18. The zero-order chi connectivity index (χ0) is 25.9. The lowest BCUT2D eigenvalue weighted by Gasteiger charge is -2.40. The molecule has 0 saturated carbocycles. The largest absolute Gasteiger partial charge is 0.496 e. The molecule has 37 heavy (non-hydrogen) atoms. The maximum absolute atomic E-state index is 13.1. The molecule has 2 N–H and O–H groups in total. The number of carbonyl (C=O) groups excluding carboxylic acids is 2. The van der Waals surface area contributed by atoms with E-state index in [9.17, 15) is 14.0 Å². The van der Waals surface area contributed by atoms with Crippen LogP contribution in [-0.4, -0.2) is 42.0 Å². The van der Waals surface area contributed by atoms with Gasteiger partial charge in [0.2, 0.25) is 0 Å². The van der Waals surface area contributed by atoms with Gasteiger partial charge in [-0.15, -0.1) is 0 Å². The number of rotatable bonds is 7. The Balaban J connectivity index is 1.19. The number of carbonyl (C=O) groups is 2. The predicted molar refractivity (Wildman–Crippen MR) is 139 cm³/mol. The second-order valence-electron chi connectivity index (χ2n) is 9.78. The molecule has 3 heterocycles. The van der Waals surface area contributed by atoms with Crippen molar-refractivity contribution in [2.45, 2.75) is 57.3 Å². The van der Waals surface area contributed by atoms with Crippen LogP contribution >= 0.6 is 0 Å². The smallest absolute Gasteiger partial charge is 0.253 e. The standard InChI is InChI=1S/C29H31FN4O3/c1-18-25(4-3-5-26(18)37-2)29(36)33-22-14-23-11-12-24(15-22)34(23)27-13-8-20(17-31-27)28(35)32-16-19-6-9-21(30)10-7-19/h3-10,13,17,22-24H,11-12,14-16H2,1-2H3,(H,32,35)(H,33,36). The average molecular weight is 503 g/mol. The molecule has 8 heteroatoms. The quantitative estimate of drug-likeness (QED) is 0.501. The summed E-state index contributed by atoms with van der Waals surface area (Å²) in [5, 5.41) is 6.09. The number of aromatic nitrogens is 1. The maximum atomic E-state index is 13.1. The monoisotopic (exact) mass is 502 g/mol. The van der Waals surface area contributed by atoms with Crippen LogP contribution in [0, 0.1) is 12.7 Å². The first kappa shape index (κ1) is 24.7. The van der Waals surface area contributed by atoms with Crippen LogP contribution in [0.5, 0.6) is 5.75 Å². The molecule has 0 radical (unpaired) electrons. The van der Waals surface area contributed by atoms with Gasteiger partial charge in [0.1, 0.15) is 17.4 Å². The minimum Gasteiger partial charge on any atom is -0.496 e. The highest BCUT2D eigenvalue weighted by molar-refractivity contribution is 5.96. The van der Waals surface area contributed by atoms with E-state index in [0.717, 1.165) is 42.6 Å². The summed E-state index contributed by atoms with van der Waals surface area (Å²) in [6.07, 6.45) is 5.42. The van der Waals surface area contributed by atoms with E-state index in [4.69, 9.17) is 4.74 Å². The molecule has 2 unspecified atom stereocenters. The van der Waals surface area contributed by atoms with Gasteiger partial charge in [0.25, 0.3) is 11.8 Å². The fraction of sp³-hybridized carbons (Fsp3) is 0.345. The number of ether oxygens (including phenoxy) is 1. The first-order chi connectivity index (χ1) is 17.9. The van der Waals surface area contributed by atoms with Crippen LogP contribution in [0.2, 0.25) is 0 Å². The molecule has 192 valence electrons. The van der Waals surface area contributed by atoms with Crippen molar-refractivity contribution in [3.8, 4) is 5.75 Å². The van der Waals surface area contributed by atoms with Crippen LogP contribution in [0.3, 0.4) is 0 Å². The van der Waals surface area contributed by atoms with Gasteiger partial charge in [-0.05, 0) is 74.6 Å². The van der Waals surface area contributed by atoms with Gasteiger partial charge in [0.05, 0.1) is 12.7 Å². The summed E-state index contributed by atoms with van der Waals surface area (Å²) in [4.78, 5) is 32.5. The first-order valence-electron chi connectivity index (χ1n) is 12.6. The zero-order valence-corrected chi connectivity index (χ0v) is 21.0. The molecule has 7 nitrogen and oxygen atoms in total. The van der Waals surface area contributed by atoms with Gasteiger partial charge in [-0.3, -0.25) is 9.59 Å². The van der Waals surface area contributed by atoms with E-state index >= 15 is 0 Å². The van der Waals surface area contributed by atoms with E-state index in [1.165, 1.54) is 12.1 Å². The Hall–Kier alpha value is -3.94. The fourth-order valence-corrected chi connectivity index (χ4v) is 5.57. The number of hydrogen-bond donors (Lipinski definition) is 2. The number of pyridine rings is 1. The van der Waals surface area contributed by atoms with Crippen LogP contribution in [-0.2, 0) is 6.54 Å². The Morgan fingerprint density at radius 1 is 1.03 bits per heavy atom. The molecule has 2 saturated heterocycles. The van der Waals surface area contributed by atoms with Crippen molar-refractivity contribution < 1.29 is 18.7 Å². The van der Waals surface area contributed by atoms with Crippen molar-refractivity contribution in [2.75, 3.05) is 12.0 Å². The number of fused-ring (bicyclic) bond motifs is 2. The second-order valence-corrected chi connectivity index (χ2v) is 9.78. The third-order valence-electron chi connectivity index (χ3n) is 7.46. The first-order valence-corrected chi connectivity index (χ1v) is 12.6. The Morgan fingerprint density at radius 3 is 2.41 bits per heavy atom. The predicted octanol–water partition coefficient (Wildman–Crippen LogP) is 4.40. The van der Waals surface area contributed by atoms with Crippen LogP contribution in [0.25, 0.3) is 0 Å². The third-order valence-corrected chi connectivity index (χ3v) is 7.46. The van der Waals surface area contributed by atoms with Crippen LogP contribution in [0.4, 0.5) is 10.2 Å². The van der Waals surface area contributed by atoms with E-state index < -0.39 is 0 Å². The SMILES string of the molecule is COc1cccc(C(=O)NC2CC3CCC(C2)N3c2ccc(C(=O)NCc3ccc(F)cc3)cn2)c1C. The minimum absolute atomic E-state index is 0.0663. The topological polar surface area (TPSA) is 83.6 Å². The number of benzene rings is 2. The van der Waals surface area contributed by atoms with Crippen LogP contribution in [0.15, 0.2) is 60.8 Å². The number of nitrogens with zero attached hydrogens (tertiary/aromatic N) is 2. The summed E-state index contributed by atoms with van der Waals surface area (Å²) in [6.45, 7) is 2.22. The summed E-state index contributed by atoms with van der Waals surface area (Å²) in [5.74, 6) is 0.975. The Labute approximate surface area is 216 Å². The van der Waals surface area contributed by atoms with Gasteiger partial charge in [-0.1, -0.05) is 18.2 Å². The number of piperidine rings is 1. The molecule has 2 bridgehead atoms. The van der Waals surface area contributed by atoms with Gasteiger partial charge in [0.15, 0.2) is 0 Å². The molecule has 2 amide bonds. The Kier molecular flexibility index (Phi) is 7.08. The molecule has 2 aliphatic heterocycles. The molecule has 0 aliphatic carbocycles. The van der Waals surface area contributed by atoms with Crippen LogP contribution < -0.4 is 20.3 Å². The number of methoxy groups -OCH3 is 1. The van der Waals surface area contributed by atoms with E-state index in [-0.39, 0.29) is 23.7 Å². The van der Waals surface area contributed by atoms with Crippen molar-refractivity contribution in [1.82, 2.24) is 15.6 Å². The summed E-state index contributed by atoms with van der Waals surface area (Å²) in [6, 6.07) is 16.0. The highest BCUT2D eigenvalue weighted by Gasteiger charge is 2.42. The van der Waals surface area contributed by atoms with E-state index in [1.54, 1.807) is 31.5 Å². The van der Waals surface area contributed by atoms with Gasteiger partial charge < -0.3 is 20.3 Å². The third kappa shape index (κ3) is 5.28. The van der Waals surface area contributed by atoms with Crippen molar-refractivity contribution in [3.63, 3.8) is 0 Å². The normalized spacial score (nSPS) is 20.4. The number of amides is 2. The Morgan fingerprint density at radius 2 is 1.76 bits per heavy atom. The summed E-state index contributed by atoms with van der Waals surface area (Å²) in [5.41, 5.74) is 2.79.